The zero-order valence-corrected chi connectivity index (χ0v) is 12.6. The van der Waals surface area contributed by atoms with Gasteiger partial charge in [-0.3, -0.25) is 0 Å². The first kappa shape index (κ1) is 14.0. The number of fused-ring (bicyclic) bond motifs is 1. The fourth-order valence-electron chi connectivity index (χ4n) is 2.37. The van der Waals surface area contributed by atoms with Crippen LogP contribution in [0.15, 0.2) is 45.7 Å². The molecule has 1 unspecified atom stereocenters. The topological polar surface area (TPSA) is 74.7 Å². The van der Waals surface area contributed by atoms with Crippen molar-refractivity contribution in [2.75, 3.05) is 0 Å². The van der Waals surface area contributed by atoms with E-state index >= 15 is 0 Å². The van der Waals surface area contributed by atoms with Crippen molar-refractivity contribution >= 4 is 27.0 Å². The number of benzene rings is 2. The fourth-order valence-corrected chi connectivity index (χ4v) is 3.01. The molecule has 0 amide bonds. The lowest BCUT2D eigenvalue weighted by Crippen LogP contribution is -2.14. The van der Waals surface area contributed by atoms with Gasteiger partial charge in [-0.2, -0.15) is 0 Å². The summed E-state index contributed by atoms with van der Waals surface area (Å²) in [6, 6.07) is 9.80. The smallest absolute Gasteiger partial charge is 0.323 e. The molecule has 0 aliphatic rings. The van der Waals surface area contributed by atoms with Gasteiger partial charge in [-0.15, -0.1) is 0 Å². The Balaban J connectivity index is 1.97. The summed E-state index contributed by atoms with van der Waals surface area (Å²) in [5, 5.41) is 0. The minimum Gasteiger partial charge on any atom is -0.324 e. The standard InChI is InChI=1S/C15H13BrFN3O/c16-10-7-14-13(19-15(21)20-14)6-9(10)12(18)5-8-3-1-2-4-11(8)17/h1-4,6-7,12H,5,18H2,(H2,19,20,21). The van der Waals surface area contributed by atoms with Gasteiger partial charge in [0.15, 0.2) is 0 Å². The maximum absolute atomic E-state index is 13.7. The number of halogens is 2. The highest BCUT2D eigenvalue weighted by Crippen LogP contribution is 2.28. The van der Waals surface area contributed by atoms with E-state index in [0.717, 1.165) is 10.0 Å². The molecule has 3 rings (SSSR count). The summed E-state index contributed by atoms with van der Waals surface area (Å²) >= 11 is 3.45. The molecule has 0 bridgehead atoms. The second-order valence-corrected chi connectivity index (χ2v) is 5.75. The van der Waals surface area contributed by atoms with E-state index in [2.05, 4.69) is 25.9 Å². The number of nitrogens with one attached hydrogen (secondary N) is 2. The van der Waals surface area contributed by atoms with Crippen LogP contribution in [0.2, 0.25) is 0 Å². The van der Waals surface area contributed by atoms with Gasteiger partial charge in [-0.05, 0) is 35.7 Å². The number of H-pyrrole nitrogens is 2. The Kier molecular flexibility index (Phi) is 3.65. The van der Waals surface area contributed by atoms with Crippen molar-refractivity contribution in [3.05, 3.63) is 68.3 Å². The molecule has 0 spiro atoms. The number of nitrogens with two attached hydrogens (primary N) is 1. The van der Waals surface area contributed by atoms with Crippen LogP contribution in [0.4, 0.5) is 4.39 Å². The van der Waals surface area contributed by atoms with E-state index in [9.17, 15) is 9.18 Å². The van der Waals surface area contributed by atoms with E-state index in [4.69, 9.17) is 5.73 Å². The first-order valence-corrected chi connectivity index (χ1v) is 7.24. The Labute approximate surface area is 128 Å². The van der Waals surface area contributed by atoms with Crippen LogP contribution in [0.3, 0.4) is 0 Å². The van der Waals surface area contributed by atoms with Gasteiger partial charge in [0.1, 0.15) is 5.82 Å². The molecular formula is C15H13BrFN3O. The molecule has 0 saturated carbocycles. The maximum atomic E-state index is 13.7. The largest absolute Gasteiger partial charge is 0.324 e. The molecule has 0 aliphatic heterocycles. The minimum atomic E-state index is -0.376. The molecule has 4 nitrogen and oxygen atoms in total. The predicted octanol–water partition coefficient (Wildman–Crippen LogP) is 3.00. The summed E-state index contributed by atoms with van der Waals surface area (Å²) < 4.78 is 14.5. The first-order valence-electron chi connectivity index (χ1n) is 6.45. The maximum Gasteiger partial charge on any atom is 0.323 e. The molecule has 6 heteroatoms. The molecule has 21 heavy (non-hydrogen) atoms. The monoisotopic (exact) mass is 349 g/mol. The molecule has 0 aliphatic carbocycles. The van der Waals surface area contributed by atoms with E-state index < -0.39 is 0 Å². The van der Waals surface area contributed by atoms with Gasteiger partial charge < -0.3 is 15.7 Å². The summed E-state index contributed by atoms with van der Waals surface area (Å²) in [5.41, 5.74) is 8.70. The summed E-state index contributed by atoms with van der Waals surface area (Å²) in [7, 11) is 0. The number of hydrogen-bond donors (Lipinski definition) is 3. The van der Waals surface area contributed by atoms with E-state index in [-0.39, 0.29) is 17.5 Å². The lowest BCUT2D eigenvalue weighted by Gasteiger charge is -2.14. The van der Waals surface area contributed by atoms with Crippen LogP contribution in [-0.4, -0.2) is 9.97 Å². The number of aromatic nitrogens is 2. The summed E-state index contributed by atoms with van der Waals surface area (Å²) in [4.78, 5) is 16.7. The van der Waals surface area contributed by atoms with Gasteiger partial charge in [0, 0.05) is 10.5 Å². The number of rotatable bonds is 3. The Morgan fingerprint density at radius 1 is 1.19 bits per heavy atom. The molecule has 1 aromatic heterocycles. The molecule has 3 aromatic rings. The number of hydrogen-bond acceptors (Lipinski definition) is 2. The van der Waals surface area contributed by atoms with E-state index in [1.807, 2.05) is 6.07 Å². The molecule has 0 fully saturated rings. The molecule has 1 heterocycles. The van der Waals surface area contributed by atoms with Gasteiger partial charge in [-0.1, -0.05) is 34.1 Å². The highest BCUT2D eigenvalue weighted by Gasteiger charge is 2.14. The summed E-state index contributed by atoms with van der Waals surface area (Å²) in [6.45, 7) is 0. The first-order chi connectivity index (χ1) is 10.0. The van der Waals surface area contributed by atoms with Crippen molar-refractivity contribution in [3.63, 3.8) is 0 Å². The average Bonchev–Trinajstić information content (AvgIpc) is 2.79. The van der Waals surface area contributed by atoms with Crippen molar-refractivity contribution in [2.24, 2.45) is 5.73 Å². The number of aromatic amines is 2. The molecule has 0 radical (unpaired) electrons. The van der Waals surface area contributed by atoms with Crippen LogP contribution in [0.5, 0.6) is 0 Å². The van der Waals surface area contributed by atoms with Crippen LogP contribution < -0.4 is 11.4 Å². The number of imidazole rings is 1. The van der Waals surface area contributed by atoms with E-state index in [1.165, 1.54) is 6.07 Å². The fraction of sp³-hybridized carbons (Fsp3) is 0.133. The van der Waals surface area contributed by atoms with Crippen molar-refractivity contribution in [1.29, 1.82) is 0 Å². The van der Waals surface area contributed by atoms with E-state index in [1.54, 1.807) is 24.3 Å². The molecule has 108 valence electrons. The van der Waals surface area contributed by atoms with Crippen LogP contribution in [-0.2, 0) is 6.42 Å². The van der Waals surface area contributed by atoms with Gasteiger partial charge >= 0.3 is 5.69 Å². The Morgan fingerprint density at radius 2 is 1.86 bits per heavy atom. The Bertz CT molecular complexity index is 855. The minimum absolute atomic E-state index is 0.264. The van der Waals surface area contributed by atoms with Crippen molar-refractivity contribution in [3.8, 4) is 0 Å². The predicted molar refractivity (Wildman–Crippen MR) is 83.7 cm³/mol. The third-order valence-corrected chi connectivity index (χ3v) is 4.12. The highest BCUT2D eigenvalue weighted by atomic mass is 79.9. The molecule has 2 aromatic carbocycles. The van der Waals surface area contributed by atoms with Crippen molar-refractivity contribution in [1.82, 2.24) is 9.97 Å². The summed E-state index contributed by atoms with van der Waals surface area (Å²) in [6.07, 6.45) is 0.380. The molecule has 0 saturated heterocycles. The molecular weight excluding hydrogens is 337 g/mol. The lowest BCUT2D eigenvalue weighted by atomic mass is 9.99. The average molecular weight is 350 g/mol. The van der Waals surface area contributed by atoms with Crippen LogP contribution in [0.1, 0.15) is 17.2 Å². The van der Waals surface area contributed by atoms with Crippen molar-refractivity contribution in [2.45, 2.75) is 12.5 Å². The summed E-state index contributed by atoms with van der Waals surface area (Å²) in [5.74, 6) is -0.264. The quantitative estimate of drug-likeness (QED) is 0.679. The zero-order chi connectivity index (χ0) is 15.0. The van der Waals surface area contributed by atoms with Crippen LogP contribution in [0, 0.1) is 5.82 Å². The van der Waals surface area contributed by atoms with Crippen LogP contribution in [0.25, 0.3) is 11.0 Å². The zero-order valence-electron chi connectivity index (χ0n) is 11.0. The highest BCUT2D eigenvalue weighted by molar-refractivity contribution is 9.10. The SMILES string of the molecule is NC(Cc1ccccc1F)c1cc2[nH]c(=O)[nH]c2cc1Br. The van der Waals surface area contributed by atoms with Gasteiger partial charge in [0.05, 0.1) is 11.0 Å². The Hall–Kier alpha value is -1.92. The van der Waals surface area contributed by atoms with E-state index in [0.29, 0.717) is 23.0 Å². The van der Waals surface area contributed by atoms with Crippen molar-refractivity contribution < 1.29 is 4.39 Å². The van der Waals surface area contributed by atoms with Gasteiger partial charge in [0.25, 0.3) is 0 Å². The van der Waals surface area contributed by atoms with Crippen LogP contribution >= 0.6 is 15.9 Å². The molecule has 1 atom stereocenters. The lowest BCUT2D eigenvalue weighted by molar-refractivity contribution is 0.593. The van der Waals surface area contributed by atoms with Gasteiger partial charge in [-0.25, -0.2) is 9.18 Å². The third kappa shape index (κ3) is 2.77. The second kappa shape index (κ2) is 5.46. The molecule has 4 N–H and O–H groups in total. The third-order valence-electron chi connectivity index (χ3n) is 3.43. The second-order valence-electron chi connectivity index (χ2n) is 4.90. The Morgan fingerprint density at radius 3 is 2.57 bits per heavy atom. The normalized spacial score (nSPS) is 12.7. The van der Waals surface area contributed by atoms with Gasteiger partial charge in [0.2, 0.25) is 0 Å².